The third kappa shape index (κ3) is 10.9. The summed E-state index contributed by atoms with van der Waals surface area (Å²) in [5.41, 5.74) is 3.38. The molecule has 2 bridgehead atoms. The van der Waals surface area contributed by atoms with E-state index in [0.717, 1.165) is 82.7 Å². The quantitative estimate of drug-likeness (QED) is 0.289. The SMILES string of the molecule is COc1nn(C)cc1C(=O)NS1(=O)=NC(=O)c2ccc3c(c2)N(Cc2ccc(Cl)cc2CCCCO3)C[C@@H]2CC[C@H]2[C@@H](OC)/C=C/[C@H](OCCN2CCN3CCOC[C@@H]3C2)[C@H](C)C1. The van der Waals surface area contributed by atoms with Crippen molar-refractivity contribution in [3.05, 3.63) is 82.0 Å². The van der Waals surface area contributed by atoms with E-state index in [1.54, 1.807) is 26.3 Å². The van der Waals surface area contributed by atoms with E-state index in [1.165, 1.54) is 23.6 Å². The molecule has 3 aromatic rings. The topological polar surface area (TPSA) is 149 Å². The van der Waals surface area contributed by atoms with Gasteiger partial charge in [-0.3, -0.25) is 28.8 Å². The molecular formula is C46H62ClN7O8S. The number of hydrogen-bond donors (Lipinski definition) is 1. The number of aryl methyl sites for hydroxylation is 2. The fourth-order valence-electron chi connectivity index (χ4n) is 9.66. The number of methoxy groups -OCH3 is 2. The molecule has 3 fully saturated rings. The maximum Gasteiger partial charge on any atom is 0.286 e. The normalized spacial score (nSPS) is 29.0. The molecule has 1 saturated carbocycles. The van der Waals surface area contributed by atoms with Crippen molar-refractivity contribution in [2.24, 2.45) is 29.2 Å². The number of anilines is 1. The molecule has 63 heavy (non-hydrogen) atoms. The molecule has 342 valence electrons. The summed E-state index contributed by atoms with van der Waals surface area (Å²) in [5, 5.41) is 4.91. The molecule has 1 aromatic heterocycles. The first-order valence-electron chi connectivity index (χ1n) is 22.3. The Morgan fingerprint density at radius 2 is 1.87 bits per heavy atom. The Labute approximate surface area is 376 Å². The molecule has 2 saturated heterocycles. The summed E-state index contributed by atoms with van der Waals surface area (Å²) in [7, 11) is 1.01. The Hall–Kier alpha value is -4.03. The standard InChI is InChI=1S/C46H62ClN7O8S/c1-31-30-63(57,50-45(56)39-28-51(2)48-46(39)59-4)49-44(55)33-10-13-43-40(24-33)54(25-34-8-11-36(47)23-32(34)7-5-6-20-61-43)26-35-9-12-38(35)42(58-3)15-14-41(31)62-22-18-52-16-17-53-19-21-60-29-37(53)27-52/h8,10-11,13-15,23-24,28,31,35,37-38,41-42H,5-7,9,12,16-22,25-27,29-30H2,1-4H3,(H,49,50,55,56,57)/b15-14+/t31-,35+,37+,38-,41+,42+,63?/m1/s1. The van der Waals surface area contributed by atoms with Gasteiger partial charge in [0.2, 0.25) is 5.88 Å². The van der Waals surface area contributed by atoms with Crippen molar-refractivity contribution in [3.63, 3.8) is 0 Å². The minimum atomic E-state index is -3.80. The van der Waals surface area contributed by atoms with Crippen molar-refractivity contribution in [3.8, 4) is 11.6 Å². The molecule has 1 unspecified atom stereocenters. The summed E-state index contributed by atoms with van der Waals surface area (Å²) in [4.78, 5) is 35.6. The van der Waals surface area contributed by atoms with Crippen LogP contribution in [0.25, 0.3) is 0 Å². The monoisotopic (exact) mass is 907 g/mol. The first-order valence-corrected chi connectivity index (χ1v) is 24.4. The van der Waals surface area contributed by atoms with E-state index in [4.69, 9.17) is 35.3 Å². The lowest BCUT2D eigenvalue weighted by molar-refractivity contribution is -0.0513. The van der Waals surface area contributed by atoms with Gasteiger partial charge >= 0.3 is 0 Å². The van der Waals surface area contributed by atoms with Crippen LogP contribution >= 0.6 is 11.6 Å². The fourth-order valence-corrected chi connectivity index (χ4v) is 11.7. The number of amides is 2. The zero-order valence-electron chi connectivity index (χ0n) is 36.9. The molecule has 2 aromatic carbocycles. The van der Waals surface area contributed by atoms with Gasteiger partial charge in [-0.1, -0.05) is 36.7 Å². The lowest BCUT2D eigenvalue weighted by Crippen LogP contribution is -2.58. The van der Waals surface area contributed by atoms with Gasteiger partial charge in [0.15, 0.2) is 0 Å². The molecule has 5 heterocycles. The highest BCUT2D eigenvalue weighted by Crippen LogP contribution is 2.42. The summed E-state index contributed by atoms with van der Waals surface area (Å²) in [5.74, 6) is -0.870. The first-order chi connectivity index (χ1) is 30.5. The Bertz CT molecular complexity index is 2260. The summed E-state index contributed by atoms with van der Waals surface area (Å²) >= 11 is 6.54. The van der Waals surface area contributed by atoms with Crippen molar-refractivity contribution in [1.29, 1.82) is 0 Å². The second kappa shape index (κ2) is 20.4. The van der Waals surface area contributed by atoms with Crippen LogP contribution in [0.3, 0.4) is 0 Å². The van der Waals surface area contributed by atoms with Gasteiger partial charge in [-0.15, -0.1) is 9.46 Å². The number of hydrogen-bond acceptors (Lipinski definition) is 12. The van der Waals surface area contributed by atoms with Crippen LogP contribution in [0.1, 0.15) is 64.4 Å². The van der Waals surface area contributed by atoms with Crippen LogP contribution in [0.5, 0.6) is 11.6 Å². The number of fused-ring (bicyclic) bond motifs is 4. The maximum atomic E-state index is 15.3. The first kappa shape index (κ1) is 45.5. The minimum Gasteiger partial charge on any atom is -0.491 e. The number of piperazine rings is 1. The number of halogens is 1. The highest BCUT2D eigenvalue weighted by molar-refractivity contribution is 7.92. The van der Waals surface area contributed by atoms with E-state index in [9.17, 15) is 9.59 Å². The van der Waals surface area contributed by atoms with E-state index in [-0.39, 0.29) is 40.7 Å². The number of nitrogens with zero attached hydrogens (tertiary/aromatic N) is 6. The molecule has 17 heteroatoms. The zero-order valence-corrected chi connectivity index (χ0v) is 38.5. The number of carbonyl (C=O) groups excluding carboxylic acids is 2. The summed E-state index contributed by atoms with van der Waals surface area (Å²) in [6, 6.07) is 11.7. The van der Waals surface area contributed by atoms with E-state index in [1.807, 2.05) is 25.1 Å². The van der Waals surface area contributed by atoms with Crippen LogP contribution in [0.4, 0.5) is 5.69 Å². The van der Waals surface area contributed by atoms with Crippen LogP contribution in [0, 0.1) is 17.8 Å². The molecule has 7 atom stereocenters. The van der Waals surface area contributed by atoms with E-state index >= 15 is 4.21 Å². The van der Waals surface area contributed by atoms with Gasteiger partial charge in [0.05, 0.1) is 57.2 Å². The summed E-state index contributed by atoms with van der Waals surface area (Å²) < 4.78 is 54.3. The number of morpholine rings is 1. The molecule has 2 amide bonds. The second-order valence-electron chi connectivity index (χ2n) is 17.6. The lowest BCUT2D eigenvalue weighted by Gasteiger charge is -2.44. The molecule has 15 nitrogen and oxygen atoms in total. The highest BCUT2D eigenvalue weighted by Gasteiger charge is 2.39. The minimum absolute atomic E-state index is 0.0587. The van der Waals surface area contributed by atoms with Crippen LogP contribution in [0.15, 0.2) is 59.1 Å². The Morgan fingerprint density at radius 1 is 1.02 bits per heavy atom. The Kier molecular flexibility index (Phi) is 14.8. The molecule has 5 aliphatic rings. The summed E-state index contributed by atoms with van der Waals surface area (Å²) in [6.45, 7) is 10.1. The van der Waals surface area contributed by atoms with Crippen molar-refractivity contribution in [2.75, 3.05) is 90.6 Å². The van der Waals surface area contributed by atoms with Gasteiger partial charge in [0, 0.05) is 88.7 Å². The Balaban J connectivity index is 1.16. The van der Waals surface area contributed by atoms with Crippen LogP contribution in [-0.2, 0) is 44.1 Å². The molecule has 1 N–H and O–H groups in total. The number of ether oxygens (including phenoxy) is 5. The Morgan fingerprint density at radius 3 is 2.68 bits per heavy atom. The van der Waals surface area contributed by atoms with Crippen molar-refractivity contribution >= 4 is 39.0 Å². The van der Waals surface area contributed by atoms with Gasteiger partial charge < -0.3 is 28.6 Å². The second-order valence-corrected chi connectivity index (χ2v) is 20.0. The lowest BCUT2D eigenvalue weighted by atomic mass is 9.70. The van der Waals surface area contributed by atoms with Gasteiger partial charge in [-0.25, -0.2) is 4.21 Å². The summed E-state index contributed by atoms with van der Waals surface area (Å²) in [6.07, 6.45) is 9.49. The molecule has 0 spiro atoms. The predicted molar refractivity (Wildman–Crippen MR) is 242 cm³/mol. The molecule has 0 radical (unpaired) electrons. The third-order valence-corrected chi connectivity index (χ3v) is 15.5. The molecule has 4 aliphatic heterocycles. The largest absolute Gasteiger partial charge is 0.491 e. The van der Waals surface area contributed by atoms with Crippen molar-refractivity contribution < 1.29 is 37.5 Å². The predicted octanol–water partition coefficient (Wildman–Crippen LogP) is 5.41. The molecule has 1 aliphatic carbocycles. The molecule has 8 rings (SSSR count). The van der Waals surface area contributed by atoms with Crippen molar-refractivity contribution in [1.82, 2.24) is 24.3 Å². The molecular weight excluding hydrogens is 846 g/mol. The average Bonchev–Trinajstić information content (AvgIpc) is 3.64. The van der Waals surface area contributed by atoms with Gasteiger partial charge in [0.25, 0.3) is 11.8 Å². The maximum absolute atomic E-state index is 15.3. The third-order valence-electron chi connectivity index (χ3n) is 13.3. The number of carbonyl (C=O) groups is 2. The van der Waals surface area contributed by atoms with Gasteiger partial charge in [0.1, 0.15) is 21.2 Å². The zero-order chi connectivity index (χ0) is 44.1. The van der Waals surface area contributed by atoms with Crippen LogP contribution in [0.2, 0.25) is 5.02 Å². The highest BCUT2D eigenvalue weighted by atomic mass is 35.5. The van der Waals surface area contributed by atoms with Crippen LogP contribution < -0.4 is 19.1 Å². The van der Waals surface area contributed by atoms with Gasteiger partial charge in [-0.05, 0) is 85.4 Å². The van der Waals surface area contributed by atoms with Crippen LogP contribution in [-0.4, -0.2) is 140 Å². The number of rotatable bonds is 8. The fraction of sp³-hybridized carbons (Fsp3) is 0.587. The average molecular weight is 909 g/mol. The number of nitrogens with one attached hydrogen (secondary N) is 1. The van der Waals surface area contributed by atoms with Crippen molar-refractivity contribution in [2.45, 2.75) is 63.8 Å². The number of benzene rings is 2. The number of aromatic nitrogens is 2. The van der Waals surface area contributed by atoms with E-state index < -0.39 is 33.8 Å². The van der Waals surface area contributed by atoms with E-state index in [0.29, 0.717) is 49.7 Å². The smallest absolute Gasteiger partial charge is 0.286 e. The van der Waals surface area contributed by atoms with Gasteiger partial charge in [-0.2, -0.15) is 0 Å². The van der Waals surface area contributed by atoms with E-state index in [2.05, 4.69) is 47.1 Å².